The maximum absolute atomic E-state index is 12.7. The highest BCUT2D eigenvalue weighted by Gasteiger charge is 2.11. The number of nitrogens with one attached hydrogen (secondary N) is 1. The lowest BCUT2D eigenvalue weighted by Gasteiger charge is -2.12. The third-order valence-corrected chi connectivity index (χ3v) is 2.71. The summed E-state index contributed by atoms with van der Waals surface area (Å²) in [5.41, 5.74) is 1.83. The van der Waals surface area contributed by atoms with E-state index in [-0.39, 0.29) is 6.54 Å². The Bertz CT molecular complexity index is 528. The Hall–Kier alpha value is -1.95. The zero-order valence-corrected chi connectivity index (χ0v) is 10.5. The van der Waals surface area contributed by atoms with Crippen LogP contribution in [0.3, 0.4) is 0 Å². The first-order chi connectivity index (χ1) is 9.22. The van der Waals surface area contributed by atoms with E-state index < -0.39 is 6.55 Å². The Kier molecular flexibility index (Phi) is 4.46. The molecule has 0 amide bonds. The van der Waals surface area contributed by atoms with Crippen LogP contribution in [-0.4, -0.2) is 16.7 Å². The Morgan fingerprint density at radius 3 is 2.89 bits per heavy atom. The minimum atomic E-state index is -2.58. The van der Waals surface area contributed by atoms with E-state index in [1.165, 1.54) is 12.4 Å². The normalized spacial score (nSPS) is 10.9. The lowest BCUT2D eigenvalue weighted by molar-refractivity contribution is 0.0673. The van der Waals surface area contributed by atoms with Crippen molar-refractivity contribution in [2.45, 2.75) is 19.7 Å². The second-order valence-electron chi connectivity index (χ2n) is 3.97. The summed E-state index contributed by atoms with van der Waals surface area (Å²) in [6.07, 6.45) is 2.63. The number of aromatic nitrogens is 2. The molecule has 2 rings (SSSR count). The average Bonchev–Trinajstić information content (AvgIpc) is 2.86. The van der Waals surface area contributed by atoms with Gasteiger partial charge in [0.15, 0.2) is 0 Å². The van der Waals surface area contributed by atoms with Gasteiger partial charge in [-0.15, -0.1) is 0 Å². The largest absolute Gasteiger partial charge is 0.380 e. The first kappa shape index (κ1) is 13.5. The van der Waals surface area contributed by atoms with Crippen molar-refractivity contribution in [3.63, 3.8) is 0 Å². The Morgan fingerprint density at radius 1 is 1.37 bits per heavy atom. The Morgan fingerprint density at radius 2 is 2.16 bits per heavy atom. The van der Waals surface area contributed by atoms with Crippen LogP contribution in [-0.2, 0) is 17.9 Å². The predicted molar refractivity (Wildman–Crippen MR) is 68.0 cm³/mol. The van der Waals surface area contributed by atoms with Crippen molar-refractivity contribution in [2.24, 2.45) is 0 Å². The number of benzene rings is 1. The van der Waals surface area contributed by atoms with Gasteiger partial charge in [-0.05, 0) is 6.07 Å². The molecule has 0 spiro atoms. The molecule has 19 heavy (non-hydrogen) atoms. The topological polar surface area (TPSA) is 39.1 Å². The highest BCUT2D eigenvalue weighted by Crippen LogP contribution is 2.18. The number of alkyl halides is 2. The molecule has 0 aliphatic carbocycles. The molecule has 4 nitrogen and oxygen atoms in total. The van der Waals surface area contributed by atoms with Crippen molar-refractivity contribution >= 4 is 5.69 Å². The molecule has 1 N–H and O–H groups in total. The summed E-state index contributed by atoms with van der Waals surface area (Å²) in [6, 6.07) is 7.58. The fourth-order valence-corrected chi connectivity index (χ4v) is 1.81. The van der Waals surface area contributed by atoms with E-state index >= 15 is 0 Å². The van der Waals surface area contributed by atoms with Crippen LogP contribution >= 0.6 is 0 Å². The minimum Gasteiger partial charge on any atom is -0.380 e. The van der Waals surface area contributed by atoms with Gasteiger partial charge in [-0.3, -0.25) is 4.57 Å². The first-order valence-corrected chi connectivity index (χ1v) is 5.83. The van der Waals surface area contributed by atoms with Crippen LogP contribution in [0.5, 0.6) is 0 Å². The van der Waals surface area contributed by atoms with E-state index in [0.29, 0.717) is 12.4 Å². The highest BCUT2D eigenvalue weighted by molar-refractivity contribution is 5.50. The molecule has 0 radical (unpaired) electrons. The quantitative estimate of drug-likeness (QED) is 0.874. The lowest BCUT2D eigenvalue weighted by Crippen LogP contribution is -2.10. The smallest absolute Gasteiger partial charge is 0.319 e. The fraction of sp³-hybridized carbons (Fsp3) is 0.308. The van der Waals surface area contributed by atoms with Crippen molar-refractivity contribution in [3.05, 3.63) is 48.0 Å². The summed E-state index contributed by atoms with van der Waals surface area (Å²) in [4.78, 5) is 3.92. The number of halogens is 2. The molecule has 102 valence electrons. The average molecular weight is 267 g/mol. The summed E-state index contributed by atoms with van der Waals surface area (Å²) in [7, 11) is 1.61. The third-order valence-electron chi connectivity index (χ3n) is 2.71. The number of ether oxygens (including phenoxy) is 1. The second-order valence-corrected chi connectivity index (χ2v) is 3.97. The second kappa shape index (κ2) is 6.29. The van der Waals surface area contributed by atoms with Gasteiger partial charge >= 0.3 is 6.55 Å². The van der Waals surface area contributed by atoms with E-state index in [9.17, 15) is 8.78 Å². The van der Waals surface area contributed by atoms with E-state index in [0.717, 1.165) is 15.8 Å². The zero-order chi connectivity index (χ0) is 13.7. The van der Waals surface area contributed by atoms with Crippen molar-refractivity contribution in [1.29, 1.82) is 0 Å². The molecule has 0 bridgehead atoms. The van der Waals surface area contributed by atoms with Gasteiger partial charge in [-0.2, -0.15) is 8.78 Å². The van der Waals surface area contributed by atoms with Crippen LogP contribution in [0, 0.1) is 0 Å². The van der Waals surface area contributed by atoms with Crippen LogP contribution in [0.1, 0.15) is 17.9 Å². The van der Waals surface area contributed by atoms with Crippen LogP contribution in [0.4, 0.5) is 14.5 Å². The Labute approximate surface area is 110 Å². The molecule has 0 saturated carbocycles. The highest BCUT2D eigenvalue weighted by atomic mass is 19.3. The molecule has 1 aromatic heterocycles. The predicted octanol–water partition coefficient (Wildman–Crippen LogP) is 3.04. The van der Waals surface area contributed by atoms with Gasteiger partial charge in [0.05, 0.1) is 13.2 Å². The number of anilines is 1. The molecular formula is C13H15F2N3O. The van der Waals surface area contributed by atoms with Gasteiger partial charge in [0.1, 0.15) is 5.82 Å². The van der Waals surface area contributed by atoms with Crippen LogP contribution in [0.2, 0.25) is 0 Å². The summed E-state index contributed by atoms with van der Waals surface area (Å²) >= 11 is 0. The van der Waals surface area contributed by atoms with E-state index in [1.54, 1.807) is 7.11 Å². The number of methoxy groups -OCH3 is 1. The molecule has 1 aromatic carbocycles. The maximum atomic E-state index is 12.7. The van der Waals surface area contributed by atoms with Crippen molar-refractivity contribution in [2.75, 3.05) is 12.4 Å². The molecule has 0 saturated heterocycles. The monoisotopic (exact) mass is 267 g/mol. The molecule has 6 heteroatoms. The molecule has 2 aromatic rings. The maximum Gasteiger partial charge on any atom is 0.319 e. The van der Waals surface area contributed by atoms with E-state index in [4.69, 9.17) is 4.74 Å². The molecule has 0 aliphatic heterocycles. The van der Waals surface area contributed by atoms with Crippen LogP contribution in [0.15, 0.2) is 36.7 Å². The summed E-state index contributed by atoms with van der Waals surface area (Å²) in [6.45, 7) is -1.88. The Balaban J connectivity index is 2.08. The number of nitrogens with zero attached hydrogens (tertiary/aromatic N) is 2. The minimum absolute atomic E-state index is 0.234. The van der Waals surface area contributed by atoms with E-state index in [1.807, 2.05) is 24.3 Å². The molecule has 0 aliphatic rings. The molecular weight excluding hydrogens is 252 g/mol. The van der Waals surface area contributed by atoms with Crippen molar-refractivity contribution < 1.29 is 13.5 Å². The van der Waals surface area contributed by atoms with Gasteiger partial charge in [-0.1, -0.05) is 18.2 Å². The van der Waals surface area contributed by atoms with Crippen LogP contribution < -0.4 is 5.32 Å². The lowest BCUT2D eigenvalue weighted by atomic mass is 10.2. The molecule has 0 atom stereocenters. The number of hydrogen-bond donors (Lipinski definition) is 1. The SMILES string of the molecule is COCc1ccccc1NCc1nccn1C(F)F. The van der Waals surface area contributed by atoms with Gasteiger partial charge in [0, 0.05) is 30.8 Å². The summed E-state index contributed by atoms with van der Waals surface area (Å²) in [5, 5.41) is 3.10. The van der Waals surface area contributed by atoms with Gasteiger partial charge in [0.2, 0.25) is 0 Å². The number of para-hydroxylation sites is 1. The molecule has 0 unspecified atom stereocenters. The summed E-state index contributed by atoms with van der Waals surface area (Å²) < 4.78 is 31.2. The third kappa shape index (κ3) is 3.29. The van der Waals surface area contributed by atoms with Gasteiger partial charge in [-0.25, -0.2) is 4.98 Å². The van der Waals surface area contributed by atoms with Gasteiger partial charge in [0.25, 0.3) is 0 Å². The number of imidazole rings is 1. The molecule has 0 fully saturated rings. The number of rotatable bonds is 6. The molecule has 1 heterocycles. The van der Waals surface area contributed by atoms with Crippen LogP contribution in [0.25, 0.3) is 0 Å². The van der Waals surface area contributed by atoms with Gasteiger partial charge < -0.3 is 10.1 Å². The van der Waals surface area contributed by atoms with Crippen molar-refractivity contribution in [1.82, 2.24) is 9.55 Å². The number of hydrogen-bond acceptors (Lipinski definition) is 3. The van der Waals surface area contributed by atoms with E-state index in [2.05, 4.69) is 10.3 Å². The summed E-state index contributed by atoms with van der Waals surface area (Å²) in [5.74, 6) is 0.294. The standard InChI is InChI=1S/C13H15F2N3O/c1-19-9-10-4-2-3-5-11(10)17-8-12-16-6-7-18(12)13(14)15/h2-7,13,17H,8-9H2,1H3. The zero-order valence-electron chi connectivity index (χ0n) is 10.5. The first-order valence-electron chi connectivity index (χ1n) is 5.83. The van der Waals surface area contributed by atoms with Crippen molar-refractivity contribution in [3.8, 4) is 0 Å². The fourth-order valence-electron chi connectivity index (χ4n) is 1.81.